The van der Waals surface area contributed by atoms with E-state index in [1.807, 2.05) is 84.9 Å². The van der Waals surface area contributed by atoms with E-state index in [-0.39, 0.29) is 17.1 Å². The molecule has 0 saturated heterocycles. The van der Waals surface area contributed by atoms with Gasteiger partial charge >= 0.3 is 5.97 Å². The highest BCUT2D eigenvalue weighted by Crippen LogP contribution is 2.37. The molecule has 0 N–H and O–H groups in total. The normalized spacial score (nSPS) is 11.0. The van der Waals surface area contributed by atoms with Crippen LogP contribution in [0.3, 0.4) is 0 Å². The third-order valence-electron chi connectivity index (χ3n) is 7.23. The summed E-state index contributed by atoms with van der Waals surface area (Å²) < 4.78 is 22.9. The van der Waals surface area contributed by atoms with Crippen molar-refractivity contribution in [1.29, 1.82) is 0 Å². The molecule has 0 aliphatic carbocycles. The molecule has 0 spiro atoms. The SMILES string of the molecule is COc1ccc2oc(-c3ccccc3)c(C(=O)Oc3ccc(/C=C/C(=O)c4ccc(-c5ccccc5)cc4)cc3OC)c2c1. The maximum Gasteiger partial charge on any atom is 0.348 e. The van der Waals surface area contributed by atoms with Crippen molar-refractivity contribution in [3.8, 4) is 39.7 Å². The Hall–Kier alpha value is -5.88. The summed E-state index contributed by atoms with van der Waals surface area (Å²) >= 11 is 0. The Morgan fingerprint density at radius 3 is 2.02 bits per heavy atom. The first-order valence-electron chi connectivity index (χ1n) is 14.0. The van der Waals surface area contributed by atoms with Crippen molar-refractivity contribution in [3.63, 3.8) is 0 Å². The molecule has 216 valence electrons. The lowest BCUT2D eigenvalue weighted by atomic mass is 10.0. The Morgan fingerprint density at radius 2 is 1.34 bits per heavy atom. The van der Waals surface area contributed by atoms with Crippen LogP contribution in [0.1, 0.15) is 26.3 Å². The van der Waals surface area contributed by atoms with Gasteiger partial charge in [0, 0.05) is 16.5 Å². The van der Waals surface area contributed by atoms with E-state index in [0.29, 0.717) is 39.4 Å². The standard InChI is InChI=1S/C38H28O6/c1-41-30-19-22-33-31(24-30)36(37(43-33)29-11-7-4-8-12-29)38(40)44-34-21-14-25(23-35(34)42-2)13-20-32(39)28-17-15-27(16-18-28)26-9-5-3-6-10-26/h3-24H,1-2H3/b20-13+. The predicted molar refractivity (Wildman–Crippen MR) is 171 cm³/mol. The molecule has 0 bridgehead atoms. The topological polar surface area (TPSA) is 75.0 Å². The fourth-order valence-electron chi connectivity index (χ4n) is 4.95. The van der Waals surface area contributed by atoms with Crippen molar-refractivity contribution >= 4 is 28.8 Å². The lowest BCUT2D eigenvalue weighted by Gasteiger charge is -2.10. The van der Waals surface area contributed by atoms with Gasteiger partial charge in [-0.2, -0.15) is 0 Å². The second kappa shape index (κ2) is 12.5. The summed E-state index contributed by atoms with van der Waals surface area (Å²) in [6, 6.07) is 37.3. The van der Waals surface area contributed by atoms with Gasteiger partial charge in [0.05, 0.1) is 14.2 Å². The average molecular weight is 581 g/mol. The largest absolute Gasteiger partial charge is 0.497 e. The van der Waals surface area contributed by atoms with Crippen LogP contribution in [0, 0.1) is 0 Å². The van der Waals surface area contributed by atoms with E-state index < -0.39 is 5.97 Å². The zero-order valence-electron chi connectivity index (χ0n) is 24.2. The number of carbonyl (C=O) groups is 2. The van der Waals surface area contributed by atoms with Gasteiger partial charge in [0.2, 0.25) is 0 Å². The molecule has 0 saturated carbocycles. The van der Waals surface area contributed by atoms with Crippen LogP contribution in [0.4, 0.5) is 0 Å². The van der Waals surface area contributed by atoms with Gasteiger partial charge in [0.25, 0.3) is 0 Å². The van der Waals surface area contributed by atoms with Gasteiger partial charge in [0.15, 0.2) is 17.3 Å². The quantitative estimate of drug-likeness (QED) is 0.0736. The Bertz CT molecular complexity index is 1970. The van der Waals surface area contributed by atoms with Crippen molar-refractivity contribution in [2.75, 3.05) is 14.2 Å². The summed E-state index contributed by atoms with van der Waals surface area (Å²) in [5, 5.41) is 0.571. The molecule has 6 heteroatoms. The summed E-state index contributed by atoms with van der Waals surface area (Å²) in [5.74, 6) is 0.817. The number of rotatable bonds is 9. The van der Waals surface area contributed by atoms with Gasteiger partial charge in [0.1, 0.15) is 22.7 Å². The summed E-state index contributed by atoms with van der Waals surface area (Å²) in [4.78, 5) is 26.5. The van der Waals surface area contributed by atoms with E-state index >= 15 is 0 Å². The van der Waals surface area contributed by atoms with Gasteiger partial charge in [-0.3, -0.25) is 4.79 Å². The number of ether oxygens (including phenoxy) is 3. The summed E-state index contributed by atoms with van der Waals surface area (Å²) in [6.45, 7) is 0. The Balaban J connectivity index is 1.23. The molecule has 6 aromatic rings. The molecule has 5 aromatic carbocycles. The monoisotopic (exact) mass is 580 g/mol. The maximum atomic E-state index is 13.7. The Kier molecular flexibility index (Phi) is 8.06. The summed E-state index contributed by atoms with van der Waals surface area (Å²) in [7, 11) is 3.06. The number of hydrogen-bond donors (Lipinski definition) is 0. The van der Waals surface area contributed by atoms with Crippen molar-refractivity contribution in [2.45, 2.75) is 0 Å². The molecular weight excluding hydrogens is 552 g/mol. The third kappa shape index (κ3) is 5.87. The second-order valence-electron chi connectivity index (χ2n) is 9.98. The van der Waals surface area contributed by atoms with E-state index in [2.05, 4.69) is 0 Å². The average Bonchev–Trinajstić information content (AvgIpc) is 3.47. The van der Waals surface area contributed by atoms with Crippen LogP contribution >= 0.6 is 0 Å². The molecule has 0 aliphatic heterocycles. The molecule has 0 amide bonds. The molecule has 6 nitrogen and oxygen atoms in total. The van der Waals surface area contributed by atoms with Crippen LogP contribution in [-0.4, -0.2) is 26.0 Å². The van der Waals surface area contributed by atoms with Crippen LogP contribution < -0.4 is 14.2 Å². The maximum absolute atomic E-state index is 13.7. The molecule has 1 aromatic heterocycles. The first kappa shape index (κ1) is 28.2. The number of furan rings is 1. The van der Waals surface area contributed by atoms with Gasteiger partial charge in [-0.15, -0.1) is 0 Å². The molecule has 0 aliphatic rings. The van der Waals surface area contributed by atoms with Crippen molar-refractivity contribution in [2.24, 2.45) is 0 Å². The molecule has 6 rings (SSSR count). The minimum atomic E-state index is -0.605. The Labute approximate surface area is 254 Å². The number of esters is 1. The molecule has 44 heavy (non-hydrogen) atoms. The first-order valence-corrected chi connectivity index (χ1v) is 14.0. The van der Waals surface area contributed by atoms with Crippen molar-refractivity contribution in [1.82, 2.24) is 0 Å². The minimum Gasteiger partial charge on any atom is -0.497 e. The fourth-order valence-corrected chi connectivity index (χ4v) is 4.95. The number of benzene rings is 5. The lowest BCUT2D eigenvalue weighted by molar-refractivity contribution is 0.0731. The molecule has 0 fully saturated rings. The summed E-state index contributed by atoms with van der Waals surface area (Å²) in [5.41, 5.74) is 4.97. The van der Waals surface area contributed by atoms with Crippen LogP contribution in [0.2, 0.25) is 0 Å². The first-order chi connectivity index (χ1) is 21.5. The van der Waals surface area contributed by atoms with Gasteiger partial charge in [-0.25, -0.2) is 4.79 Å². The van der Waals surface area contributed by atoms with Gasteiger partial charge < -0.3 is 18.6 Å². The van der Waals surface area contributed by atoms with Crippen LogP contribution in [0.5, 0.6) is 17.2 Å². The molecule has 0 unspecified atom stereocenters. The number of allylic oxidation sites excluding steroid dienone is 1. The van der Waals surface area contributed by atoms with Crippen LogP contribution in [-0.2, 0) is 0 Å². The highest BCUT2D eigenvalue weighted by atomic mass is 16.6. The van der Waals surface area contributed by atoms with Gasteiger partial charge in [-0.1, -0.05) is 97.1 Å². The summed E-state index contributed by atoms with van der Waals surface area (Å²) in [6.07, 6.45) is 3.21. The minimum absolute atomic E-state index is 0.130. The lowest BCUT2D eigenvalue weighted by Crippen LogP contribution is -2.10. The molecule has 1 heterocycles. The van der Waals surface area contributed by atoms with E-state index in [9.17, 15) is 9.59 Å². The number of carbonyl (C=O) groups excluding carboxylic acids is 2. The second-order valence-corrected chi connectivity index (χ2v) is 9.98. The highest BCUT2D eigenvalue weighted by Gasteiger charge is 2.25. The van der Waals surface area contributed by atoms with Gasteiger partial charge in [-0.05, 0) is 53.1 Å². The number of methoxy groups -OCH3 is 2. The molecule has 0 atom stereocenters. The van der Waals surface area contributed by atoms with E-state index in [1.54, 1.807) is 49.6 Å². The van der Waals surface area contributed by atoms with Crippen LogP contribution in [0.15, 0.2) is 132 Å². The number of ketones is 1. The fraction of sp³-hybridized carbons (Fsp3) is 0.0526. The highest BCUT2D eigenvalue weighted by molar-refractivity contribution is 6.10. The number of hydrogen-bond acceptors (Lipinski definition) is 6. The van der Waals surface area contributed by atoms with Crippen molar-refractivity contribution < 1.29 is 28.2 Å². The smallest absolute Gasteiger partial charge is 0.348 e. The van der Waals surface area contributed by atoms with Crippen molar-refractivity contribution in [3.05, 3.63) is 144 Å². The predicted octanol–water partition coefficient (Wildman–Crippen LogP) is 8.90. The molecule has 0 radical (unpaired) electrons. The van der Waals surface area contributed by atoms with E-state index in [4.69, 9.17) is 18.6 Å². The number of fused-ring (bicyclic) bond motifs is 1. The zero-order valence-corrected chi connectivity index (χ0v) is 24.2. The van der Waals surface area contributed by atoms with Crippen LogP contribution in [0.25, 0.3) is 39.5 Å². The molecular formula is C38H28O6. The third-order valence-corrected chi connectivity index (χ3v) is 7.23. The zero-order chi connectivity index (χ0) is 30.5. The van der Waals surface area contributed by atoms with E-state index in [1.165, 1.54) is 13.2 Å². The van der Waals surface area contributed by atoms with E-state index in [0.717, 1.165) is 16.7 Å². The Morgan fingerprint density at radius 1 is 0.659 bits per heavy atom.